The van der Waals surface area contributed by atoms with Gasteiger partial charge in [0.1, 0.15) is 17.6 Å². The highest BCUT2D eigenvalue weighted by molar-refractivity contribution is 5.68. The Morgan fingerprint density at radius 3 is 1.96 bits per heavy atom. The molecule has 2 fully saturated rings. The van der Waals surface area contributed by atoms with E-state index in [1.807, 2.05) is 65.2 Å². The molecule has 2 heterocycles. The molecule has 55 heavy (non-hydrogen) atoms. The number of carbonyl (C=O) groups excluding carboxylic acids is 5. The highest BCUT2D eigenvalue weighted by Gasteiger charge is 2.30. The number of aliphatic hydroxyl groups excluding tert-OH is 1. The third-order valence-electron chi connectivity index (χ3n) is 8.29. The van der Waals surface area contributed by atoms with E-state index in [2.05, 4.69) is 49.7 Å². The fourth-order valence-corrected chi connectivity index (χ4v) is 5.07. The van der Waals surface area contributed by atoms with E-state index in [0.717, 1.165) is 63.0 Å². The number of nitrogens with one attached hydrogen (secondary N) is 2. The van der Waals surface area contributed by atoms with Gasteiger partial charge in [0.2, 0.25) is 6.41 Å². The van der Waals surface area contributed by atoms with E-state index in [1.165, 1.54) is 7.11 Å². The number of nitrogens with zero attached hydrogens (tertiary/aromatic N) is 3. The minimum Gasteiger partial charge on any atom is -0.471 e. The zero-order valence-corrected chi connectivity index (χ0v) is 33.9. The minimum absolute atomic E-state index is 0.0509. The number of methoxy groups -OCH3 is 1. The number of terminal acetylenes is 1. The number of aldehydes is 1. The molecule has 3 N–H and O–H groups in total. The number of likely N-dealkylation sites (tertiary alicyclic amines) is 1. The number of likely N-dealkylation sites (N-methyl/N-ethyl adjacent to an activating group) is 2. The number of para-hydroxylation sites is 1. The maximum Gasteiger partial charge on any atom is 0.410 e. The van der Waals surface area contributed by atoms with Crippen LogP contribution in [-0.4, -0.2) is 136 Å². The van der Waals surface area contributed by atoms with Crippen LogP contribution in [0.4, 0.5) is 4.79 Å². The SMILES string of the molecule is C#Cc1ccc(CNC=O)cc1.CN1CCC(O)C1.CNC(C=O)C(C)(C)CCN1CCN(C(=O)OC(C)(C)C)CC1.COC=O.O=COc1ccccc1. The predicted octanol–water partition coefficient (Wildman–Crippen LogP) is 3.35. The molecule has 2 aromatic rings. The summed E-state index contributed by atoms with van der Waals surface area (Å²) in [4.78, 5) is 58.1. The lowest BCUT2D eigenvalue weighted by molar-refractivity contribution is -0.126. The highest BCUT2D eigenvalue weighted by atomic mass is 16.6. The maximum atomic E-state index is 12.0. The number of β-amino-alcohol motifs (C(OH)–C–C–N with tert-alkyl or cyclic N) is 1. The fraction of sp³-hybridized carbons (Fsp3) is 0.537. The first-order chi connectivity index (χ1) is 26.1. The van der Waals surface area contributed by atoms with E-state index in [-0.39, 0.29) is 23.7 Å². The fourth-order valence-electron chi connectivity index (χ4n) is 5.07. The van der Waals surface area contributed by atoms with Crippen molar-refractivity contribution in [3.63, 3.8) is 0 Å². The van der Waals surface area contributed by atoms with Crippen molar-refractivity contribution in [1.82, 2.24) is 25.3 Å². The van der Waals surface area contributed by atoms with Crippen LogP contribution < -0.4 is 15.4 Å². The molecule has 0 aliphatic carbocycles. The van der Waals surface area contributed by atoms with Gasteiger partial charge in [-0.25, -0.2) is 4.79 Å². The molecule has 14 nitrogen and oxygen atoms in total. The molecule has 0 spiro atoms. The molecule has 0 saturated carbocycles. The summed E-state index contributed by atoms with van der Waals surface area (Å²) in [6.45, 7) is 17.1. The van der Waals surface area contributed by atoms with Crippen LogP contribution in [0.25, 0.3) is 0 Å². The Bertz CT molecular complexity index is 1380. The molecular formula is C41H63N5O9. The Morgan fingerprint density at radius 1 is 0.964 bits per heavy atom. The van der Waals surface area contributed by atoms with Crippen molar-refractivity contribution in [2.24, 2.45) is 5.41 Å². The average Bonchev–Trinajstić information content (AvgIpc) is 3.56. The summed E-state index contributed by atoms with van der Waals surface area (Å²) in [7, 11) is 5.16. The van der Waals surface area contributed by atoms with E-state index in [0.29, 0.717) is 44.7 Å². The Hall–Kier alpha value is -4.81. The molecule has 2 aromatic carbocycles. The largest absolute Gasteiger partial charge is 0.471 e. The van der Waals surface area contributed by atoms with Crippen LogP contribution in [-0.2, 0) is 35.2 Å². The Morgan fingerprint density at radius 2 is 1.56 bits per heavy atom. The van der Waals surface area contributed by atoms with Crippen LogP contribution in [0.3, 0.4) is 0 Å². The molecular weight excluding hydrogens is 706 g/mol. The molecule has 0 radical (unpaired) electrons. The summed E-state index contributed by atoms with van der Waals surface area (Å²) in [5, 5.41) is 14.5. The summed E-state index contributed by atoms with van der Waals surface area (Å²) in [5.41, 5.74) is 1.36. The van der Waals surface area contributed by atoms with Gasteiger partial charge in [0.25, 0.3) is 12.9 Å². The van der Waals surface area contributed by atoms with Crippen LogP contribution in [0, 0.1) is 17.8 Å². The molecule has 0 aromatic heterocycles. The summed E-state index contributed by atoms with van der Waals surface area (Å²) in [6.07, 6.45) is 8.45. The molecule has 306 valence electrons. The van der Waals surface area contributed by atoms with Gasteiger partial charge in [-0.1, -0.05) is 50.1 Å². The van der Waals surface area contributed by atoms with E-state index < -0.39 is 5.60 Å². The molecule has 2 atom stereocenters. The van der Waals surface area contributed by atoms with Crippen LogP contribution in [0.5, 0.6) is 5.75 Å². The van der Waals surface area contributed by atoms with E-state index in [1.54, 1.807) is 29.2 Å². The normalized spacial score (nSPS) is 15.8. The summed E-state index contributed by atoms with van der Waals surface area (Å²) in [6, 6.07) is 16.3. The number of ether oxygens (including phenoxy) is 3. The minimum atomic E-state index is -0.449. The first-order valence-corrected chi connectivity index (χ1v) is 18.1. The highest BCUT2D eigenvalue weighted by Crippen LogP contribution is 2.25. The molecule has 2 aliphatic heterocycles. The lowest BCUT2D eigenvalue weighted by Crippen LogP contribution is -2.51. The average molecular weight is 770 g/mol. The number of hydrogen-bond acceptors (Lipinski definition) is 12. The lowest BCUT2D eigenvalue weighted by Gasteiger charge is -2.38. The second kappa shape index (κ2) is 28.6. The number of benzene rings is 2. The van der Waals surface area contributed by atoms with E-state index in [4.69, 9.17) is 21.1 Å². The molecule has 0 bridgehead atoms. The third kappa shape index (κ3) is 24.3. The number of amides is 2. The van der Waals surface area contributed by atoms with Gasteiger partial charge in [0.05, 0.1) is 19.3 Å². The Balaban J connectivity index is 0.000000755. The Kier molecular flexibility index (Phi) is 26.1. The standard InChI is InChI=1S/C17H33N3O3.C10H9NO.C7H6O2.C5H11NO.C2H4O2/c1-16(2,3)23-15(22)20-11-9-19(10-12-20)8-7-17(4,5)14(13-21)18-6;1-2-9-3-5-10(6-4-9)7-11-8-12;8-6-9-7-4-2-1-3-5-7;1-6-3-2-5(7)4-6;1-4-2-3/h13-14,18H,7-12H2,1-6H3;1,3-6,8H,7H2,(H,11,12);1-6H;5,7H,2-4H2,1H3;2H,1H3. The van der Waals surface area contributed by atoms with Crippen molar-refractivity contribution in [3.05, 3.63) is 65.7 Å². The van der Waals surface area contributed by atoms with Crippen molar-refractivity contribution in [2.75, 3.05) is 67.0 Å². The van der Waals surface area contributed by atoms with Crippen molar-refractivity contribution in [3.8, 4) is 18.1 Å². The van der Waals surface area contributed by atoms with Crippen LogP contribution in [0.1, 0.15) is 58.6 Å². The number of carbonyl (C=O) groups is 5. The number of rotatable bonds is 12. The van der Waals surface area contributed by atoms with Gasteiger partial charge in [-0.3, -0.25) is 19.3 Å². The van der Waals surface area contributed by atoms with Gasteiger partial charge < -0.3 is 44.5 Å². The number of piperazine rings is 1. The number of hydrogen-bond donors (Lipinski definition) is 3. The molecule has 2 amide bonds. The zero-order valence-electron chi connectivity index (χ0n) is 33.9. The summed E-state index contributed by atoms with van der Waals surface area (Å²) in [5.74, 6) is 3.10. The van der Waals surface area contributed by atoms with Gasteiger partial charge in [0.15, 0.2) is 0 Å². The topological polar surface area (TPSA) is 167 Å². The van der Waals surface area contributed by atoms with Crippen LogP contribution in [0.2, 0.25) is 0 Å². The molecule has 2 unspecified atom stereocenters. The lowest BCUT2D eigenvalue weighted by atomic mass is 9.81. The quantitative estimate of drug-likeness (QED) is 0.213. The van der Waals surface area contributed by atoms with Crippen molar-refractivity contribution >= 4 is 31.7 Å². The number of aliphatic hydroxyl groups is 1. The first kappa shape index (κ1) is 50.2. The van der Waals surface area contributed by atoms with Crippen molar-refractivity contribution in [2.45, 2.75) is 71.8 Å². The van der Waals surface area contributed by atoms with Gasteiger partial charge in [-0.2, -0.15) is 0 Å². The maximum absolute atomic E-state index is 12.0. The monoisotopic (exact) mass is 769 g/mol. The summed E-state index contributed by atoms with van der Waals surface area (Å²) < 4.78 is 13.8. The zero-order chi connectivity index (χ0) is 41.7. The van der Waals surface area contributed by atoms with E-state index in [9.17, 15) is 19.2 Å². The second-order valence-electron chi connectivity index (χ2n) is 14.4. The Labute approximate surface area is 327 Å². The van der Waals surface area contributed by atoms with Gasteiger partial charge >= 0.3 is 6.09 Å². The van der Waals surface area contributed by atoms with Gasteiger partial charge in [0, 0.05) is 51.4 Å². The van der Waals surface area contributed by atoms with Gasteiger partial charge in [-0.15, -0.1) is 6.42 Å². The van der Waals surface area contributed by atoms with E-state index >= 15 is 0 Å². The first-order valence-electron chi connectivity index (χ1n) is 18.1. The smallest absolute Gasteiger partial charge is 0.410 e. The second-order valence-corrected chi connectivity index (χ2v) is 14.4. The van der Waals surface area contributed by atoms with Crippen molar-refractivity contribution in [1.29, 1.82) is 0 Å². The molecule has 14 heteroatoms. The van der Waals surface area contributed by atoms with Crippen LogP contribution >= 0.6 is 0 Å². The molecule has 2 aliphatic rings. The predicted molar refractivity (Wildman–Crippen MR) is 213 cm³/mol. The van der Waals surface area contributed by atoms with Crippen LogP contribution in [0.15, 0.2) is 54.6 Å². The third-order valence-corrected chi connectivity index (χ3v) is 8.29. The van der Waals surface area contributed by atoms with Crippen molar-refractivity contribution < 1.29 is 43.3 Å². The molecule has 2 saturated heterocycles. The summed E-state index contributed by atoms with van der Waals surface area (Å²) >= 11 is 0. The van der Waals surface area contributed by atoms with Gasteiger partial charge in [-0.05, 0) is 89.5 Å². The molecule has 4 rings (SSSR count).